The van der Waals surface area contributed by atoms with E-state index >= 15 is 0 Å². The third-order valence-corrected chi connectivity index (χ3v) is 3.29. The lowest BCUT2D eigenvalue weighted by atomic mass is 10.1. The van der Waals surface area contributed by atoms with Gasteiger partial charge in [0.05, 0.1) is 5.02 Å². The van der Waals surface area contributed by atoms with Crippen LogP contribution >= 0.6 is 23.2 Å². The monoisotopic (exact) mass is 295 g/mol. The first-order chi connectivity index (χ1) is 9.08. The molecule has 0 aliphatic rings. The summed E-state index contributed by atoms with van der Waals surface area (Å²) in [7, 11) is 0. The molecule has 2 aromatic heterocycles. The van der Waals surface area contributed by atoms with Gasteiger partial charge in [-0.2, -0.15) is 0 Å². The first kappa shape index (κ1) is 12.1. The summed E-state index contributed by atoms with van der Waals surface area (Å²) in [5.74, 6) is 0.0387. The summed E-state index contributed by atoms with van der Waals surface area (Å²) in [5, 5.41) is 10.9. The van der Waals surface area contributed by atoms with Gasteiger partial charge < -0.3 is 5.11 Å². The fraction of sp³-hybridized carbons (Fsp3) is 0. The number of halogens is 2. The lowest BCUT2D eigenvalue weighted by molar-refractivity contribution is 0.446. The number of H-pyrrole nitrogens is 1. The minimum Gasteiger partial charge on any atom is -0.494 e. The fourth-order valence-corrected chi connectivity index (χ4v) is 2.39. The molecule has 0 saturated carbocycles. The standard InChI is InChI=1S/C12H7Cl2N3O2/c13-6-1-2-7(8(14)5-6)9-10(18)16-12-15-3-4-17(12)11(9)19/h1-5,19H,(H,15,16,18). The summed E-state index contributed by atoms with van der Waals surface area (Å²) in [6, 6.07) is 4.69. The third-order valence-electron chi connectivity index (χ3n) is 2.75. The molecule has 96 valence electrons. The summed E-state index contributed by atoms with van der Waals surface area (Å²) in [4.78, 5) is 18.5. The maximum atomic E-state index is 12.0. The highest BCUT2D eigenvalue weighted by molar-refractivity contribution is 6.36. The average molecular weight is 296 g/mol. The molecule has 0 bridgehead atoms. The Morgan fingerprint density at radius 3 is 2.84 bits per heavy atom. The maximum Gasteiger partial charge on any atom is 0.264 e. The van der Waals surface area contributed by atoms with Gasteiger partial charge in [-0.15, -0.1) is 0 Å². The third kappa shape index (κ3) is 1.87. The van der Waals surface area contributed by atoms with Crippen molar-refractivity contribution in [3.8, 4) is 17.0 Å². The number of aromatic hydroxyl groups is 1. The number of fused-ring (bicyclic) bond motifs is 1. The second kappa shape index (κ2) is 4.29. The van der Waals surface area contributed by atoms with Crippen molar-refractivity contribution in [2.75, 3.05) is 0 Å². The molecule has 0 radical (unpaired) electrons. The molecule has 0 saturated heterocycles. The number of imidazole rings is 1. The first-order valence-electron chi connectivity index (χ1n) is 5.31. The van der Waals surface area contributed by atoms with Gasteiger partial charge in [0.2, 0.25) is 11.7 Å². The van der Waals surface area contributed by atoms with Crippen LogP contribution in [0.25, 0.3) is 16.9 Å². The van der Waals surface area contributed by atoms with E-state index in [9.17, 15) is 9.90 Å². The normalized spacial score (nSPS) is 11.1. The van der Waals surface area contributed by atoms with Crippen molar-refractivity contribution >= 4 is 29.0 Å². The Morgan fingerprint density at radius 2 is 2.11 bits per heavy atom. The Morgan fingerprint density at radius 1 is 1.32 bits per heavy atom. The van der Waals surface area contributed by atoms with E-state index in [4.69, 9.17) is 23.2 Å². The molecule has 0 fully saturated rings. The van der Waals surface area contributed by atoms with Gasteiger partial charge in [0, 0.05) is 23.0 Å². The summed E-state index contributed by atoms with van der Waals surface area (Å²) in [6.07, 6.45) is 3.01. The van der Waals surface area contributed by atoms with Crippen LogP contribution in [-0.2, 0) is 0 Å². The number of hydrogen-bond donors (Lipinski definition) is 2. The Kier molecular flexibility index (Phi) is 2.73. The molecule has 3 aromatic rings. The lowest BCUT2D eigenvalue weighted by Gasteiger charge is -2.08. The molecule has 19 heavy (non-hydrogen) atoms. The molecule has 1 aromatic carbocycles. The number of benzene rings is 1. The van der Waals surface area contributed by atoms with Crippen LogP contribution in [0.15, 0.2) is 35.4 Å². The van der Waals surface area contributed by atoms with Crippen molar-refractivity contribution < 1.29 is 5.11 Å². The zero-order valence-electron chi connectivity index (χ0n) is 9.39. The van der Waals surface area contributed by atoms with Gasteiger partial charge >= 0.3 is 0 Å². The topological polar surface area (TPSA) is 70.4 Å². The SMILES string of the molecule is O=c1[nH]c2nccn2c(O)c1-c1ccc(Cl)cc1Cl. The number of aromatic amines is 1. The van der Waals surface area contributed by atoms with Gasteiger partial charge in [0.25, 0.3) is 5.56 Å². The van der Waals surface area contributed by atoms with Crippen LogP contribution in [0.2, 0.25) is 10.0 Å². The van der Waals surface area contributed by atoms with E-state index in [-0.39, 0.29) is 22.2 Å². The Hall–Kier alpha value is -1.98. The number of hydrogen-bond acceptors (Lipinski definition) is 3. The van der Waals surface area contributed by atoms with Crippen LogP contribution in [0.4, 0.5) is 0 Å². The molecule has 0 spiro atoms. The first-order valence-corrected chi connectivity index (χ1v) is 6.07. The minimum absolute atomic E-state index is 0.0761. The molecule has 2 N–H and O–H groups in total. The number of nitrogens with zero attached hydrogens (tertiary/aromatic N) is 2. The summed E-state index contributed by atoms with van der Waals surface area (Å²) in [6.45, 7) is 0. The Bertz CT molecular complexity index is 839. The predicted molar refractivity (Wildman–Crippen MR) is 72.9 cm³/mol. The number of aromatic nitrogens is 3. The van der Waals surface area contributed by atoms with Gasteiger partial charge in [-0.3, -0.25) is 14.2 Å². The highest BCUT2D eigenvalue weighted by atomic mass is 35.5. The molecule has 0 amide bonds. The second-order valence-corrected chi connectivity index (χ2v) is 4.74. The second-order valence-electron chi connectivity index (χ2n) is 3.90. The van der Waals surface area contributed by atoms with Crippen LogP contribution in [0, 0.1) is 0 Å². The van der Waals surface area contributed by atoms with E-state index in [1.54, 1.807) is 12.1 Å². The van der Waals surface area contributed by atoms with Crippen molar-refractivity contribution in [2.45, 2.75) is 0 Å². The van der Waals surface area contributed by atoms with Gasteiger partial charge in [0.15, 0.2) is 0 Å². The Labute approximate surface area is 117 Å². The van der Waals surface area contributed by atoms with Crippen LogP contribution in [0.3, 0.4) is 0 Å². The molecule has 3 rings (SSSR count). The smallest absolute Gasteiger partial charge is 0.264 e. The van der Waals surface area contributed by atoms with Crippen LogP contribution < -0.4 is 5.56 Å². The van der Waals surface area contributed by atoms with Crippen molar-refractivity contribution in [1.82, 2.24) is 14.4 Å². The van der Waals surface area contributed by atoms with E-state index in [2.05, 4.69) is 9.97 Å². The Balaban J connectivity index is 2.39. The molecule has 0 atom stereocenters. The van der Waals surface area contributed by atoms with E-state index in [0.717, 1.165) is 0 Å². The molecular formula is C12H7Cl2N3O2. The van der Waals surface area contributed by atoms with Crippen molar-refractivity contribution in [3.63, 3.8) is 0 Å². The van der Waals surface area contributed by atoms with Crippen LogP contribution in [-0.4, -0.2) is 19.5 Å². The molecule has 5 nitrogen and oxygen atoms in total. The van der Waals surface area contributed by atoms with Crippen LogP contribution in [0.5, 0.6) is 5.88 Å². The van der Waals surface area contributed by atoms with Gasteiger partial charge in [-0.25, -0.2) is 4.98 Å². The number of nitrogens with one attached hydrogen (secondary N) is 1. The summed E-state index contributed by atoms with van der Waals surface area (Å²) < 4.78 is 1.36. The van der Waals surface area contributed by atoms with E-state index < -0.39 is 5.56 Å². The zero-order chi connectivity index (χ0) is 13.6. The molecule has 2 heterocycles. The molecule has 7 heteroatoms. The molecular weight excluding hydrogens is 289 g/mol. The van der Waals surface area contributed by atoms with Crippen molar-refractivity contribution in [2.24, 2.45) is 0 Å². The summed E-state index contributed by atoms with van der Waals surface area (Å²) in [5.41, 5.74) is 0.00741. The molecule has 0 aliphatic carbocycles. The van der Waals surface area contributed by atoms with Gasteiger partial charge in [-0.05, 0) is 12.1 Å². The quantitative estimate of drug-likeness (QED) is 0.725. The summed E-state index contributed by atoms with van der Waals surface area (Å²) >= 11 is 11.9. The number of rotatable bonds is 1. The van der Waals surface area contributed by atoms with E-state index in [0.29, 0.717) is 10.6 Å². The van der Waals surface area contributed by atoms with Gasteiger partial charge in [-0.1, -0.05) is 29.3 Å². The largest absolute Gasteiger partial charge is 0.494 e. The highest BCUT2D eigenvalue weighted by Crippen LogP contribution is 2.33. The van der Waals surface area contributed by atoms with Gasteiger partial charge in [0.1, 0.15) is 5.56 Å². The van der Waals surface area contributed by atoms with E-state index in [1.807, 2.05) is 0 Å². The molecule has 0 aliphatic heterocycles. The molecule has 0 unspecified atom stereocenters. The highest BCUT2D eigenvalue weighted by Gasteiger charge is 2.16. The average Bonchev–Trinajstić information content (AvgIpc) is 2.80. The van der Waals surface area contributed by atoms with E-state index in [1.165, 1.54) is 22.9 Å². The van der Waals surface area contributed by atoms with Crippen LogP contribution in [0.1, 0.15) is 0 Å². The zero-order valence-corrected chi connectivity index (χ0v) is 10.9. The lowest BCUT2D eigenvalue weighted by Crippen LogP contribution is -2.12. The predicted octanol–water partition coefficient (Wildman–Crippen LogP) is 2.70. The fourth-order valence-electron chi connectivity index (χ4n) is 1.89. The maximum absolute atomic E-state index is 12.0. The van der Waals surface area contributed by atoms with Crippen molar-refractivity contribution in [3.05, 3.63) is 51.0 Å². The minimum atomic E-state index is -0.472. The van der Waals surface area contributed by atoms with Crippen molar-refractivity contribution in [1.29, 1.82) is 0 Å².